The van der Waals surface area contributed by atoms with Gasteiger partial charge in [-0.25, -0.2) is 0 Å². The van der Waals surface area contributed by atoms with Gasteiger partial charge >= 0.3 is 6.18 Å². The molecule has 3 aromatic rings. The van der Waals surface area contributed by atoms with Crippen molar-refractivity contribution in [3.63, 3.8) is 0 Å². The second-order valence-electron chi connectivity index (χ2n) is 8.48. The van der Waals surface area contributed by atoms with E-state index < -0.39 is 17.6 Å². The van der Waals surface area contributed by atoms with Crippen molar-refractivity contribution in [1.29, 1.82) is 0 Å². The van der Waals surface area contributed by atoms with E-state index in [9.17, 15) is 18.0 Å². The van der Waals surface area contributed by atoms with Crippen molar-refractivity contribution >= 4 is 5.91 Å². The summed E-state index contributed by atoms with van der Waals surface area (Å²) >= 11 is 0. The van der Waals surface area contributed by atoms with Crippen molar-refractivity contribution in [3.8, 4) is 22.8 Å². The van der Waals surface area contributed by atoms with Gasteiger partial charge in [0.1, 0.15) is 5.76 Å². The molecular formula is C26H26F3NO4. The average molecular weight is 473 g/mol. The summed E-state index contributed by atoms with van der Waals surface area (Å²) in [6, 6.07) is 13.6. The van der Waals surface area contributed by atoms with Gasteiger partial charge in [-0.3, -0.25) is 4.79 Å². The molecular weight excluding hydrogens is 447 g/mol. The molecule has 8 heteroatoms. The first-order chi connectivity index (χ1) is 16.3. The summed E-state index contributed by atoms with van der Waals surface area (Å²) in [5.41, 5.74) is 0.301. The predicted molar refractivity (Wildman–Crippen MR) is 121 cm³/mol. The fourth-order valence-corrected chi connectivity index (χ4v) is 4.59. The highest BCUT2D eigenvalue weighted by molar-refractivity contribution is 5.92. The summed E-state index contributed by atoms with van der Waals surface area (Å²) in [5.74, 6) is 1.11. The molecule has 1 fully saturated rings. The molecule has 1 aliphatic rings. The lowest BCUT2D eigenvalue weighted by molar-refractivity contribution is -0.137. The molecule has 0 atom stereocenters. The molecule has 2 aromatic carbocycles. The van der Waals surface area contributed by atoms with Crippen molar-refractivity contribution in [1.82, 2.24) is 5.32 Å². The van der Waals surface area contributed by atoms with E-state index in [1.165, 1.54) is 24.3 Å². The van der Waals surface area contributed by atoms with E-state index in [0.29, 0.717) is 18.0 Å². The second-order valence-corrected chi connectivity index (χ2v) is 8.48. The quantitative estimate of drug-likeness (QED) is 0.442. The molecule has 1 saturated carbocycles. The molecule has 0 spiro atoms. The van der Waals surface area contributed by atoms with Gasteiger partial charge in [0.05, 0.1) is 19.8 Å². The highest BCUT2D eigenvalue weighted by atomic mass is 19.4. The third-order valence-corrected chi connectivity index (χ3v) is 6.45. The van der Waals surface area contributed by atoms with Crippen LogP contribution < -0.4 is 14.8 Å². The summed E-state index contributed by atoms with van der Waals surface area (Å²) in [5, 5.41) is 2.96. The Labute approximate surface area is 195 Å². The maximum atomic E-state index is 13.0. The lowest BCUT2D eigenvalue weighted by atomic mass is 9.78. The topological polar surface area (TPSA) is 60.7 Å². The maximum Gasteiger partial charge on any atom is 0.416 e. The van der Waals surface area contributed by atoms with E-state index in [1.54, 1.807) is 14.2 Å². The monoisotopic (exact) mass is 473 g/mol. The number of halogens is 3. The molecule has 1 heterocycles. The van der Waals surface area contributed by atoms with Gasteiger partial charge in [0.25, 0.3) is 5.91 Å². The zero-order chi connectivity index (χ0) is 24.3. The van der Waals surface area contributed by atoms with Gasteiger partial charge in [-0.05, 0) is 54.8 Å². The Morgan fingerprint density at radius 2 is 1.74 bits per heavy atom. The molecule has 180 valence electrons. The lowest BCUT2D eigenvalue weighted by Gasteiger charge is -2.30. The molecule has 0 radical (unpaired) electrons. The minimum atomic E-state index is -4.46. The minimum Gasteiger partial charge on any atom is -0.493 e. The van der Waals surface area contributed by atoms with Crippen LogP contribution in [0.3, 0.4) is 0 Å². The molecule has 0 aliphatic heterocycles. The first kappa shape index (κ1) is 23.7. The molecule has 0 unspecified atom stereocenters. The number of carbonyl (C=O) groups excluding carboxylic acids is 1. The number of carbonyl (C=O) groups is 1. The molecule has 0 bridgehead atoms. The molecule has 1 N–H and O–H groups in total. The third-order valence-electron chi connectivity index (χ3n) is 6.45. The summed E-state index contributed by atoms with van der Waals surface area (Å²) in [6.07, 6.45) is -0.537. The van der Waals surface area contributed by atoms with E-state index >= 15 is 0 Å². The van der Waals surface area contributed by atoms with Crippen molar-refractivity contribution in [2.45, 2.75) is 37.3 Å². The van der Waals surface area contributed by atoms with E-state index in [2.05, 4.69) is 5.32 Å². The van der Waals surface area contributed by atoms with Crippen LogP contribution in [0.15, 0.2) is 59.0 Å². The van der Waals surface area contributed by atoms with Crippen LogP contribution in [0.1, 0.15) is 47.4 Å². The number of furan rings is 1. The van der Waals surface area contributed by atoms with Crippen LogP contribution in [0, 0.1) is 0 Å². The normalized spacial score (nSPS) is 15.2. The average Bonchev–Trinajstić information content (AvgIpc) is 3.52. The Morgan fingerprint density at radius 1 is 1.00 bits per heavy atom. The van der Waals surface area contributed by atoms with Gasteiger partial charge in [-0.1, -0.05) is 31.0 Å². The van der Waals surface area contributed by atoms with Crippen LogP contribution in [-0.4, -0.2) is 26.7 Å². The van der Waals surface area contributed by atoms with E-state index in [1.807, 2.05) is 18.2 Å². The second kappa shape index (κ2) is 9.44. The summed E-state index contributed by atoms with van der Waals surface area (Å²) < 4.78 is 55.5. The van der Waals surface area contributed by atoms with Crippen LogP contribution in [0.25, 0.3) is 11.3 Å². The van der Waals surface area contributed by atoms with Gasteiger partial charge in [-0.2, -0.15) is 13.2 Å². The fourth-order valence-electron chi connectivity index (χ4n) is 4.59. The highest BCUT2D eigenvalue weighted by Crippen LogP contribution is 2.43. The number of hydrogen-bond acceptors (Lipinski definition) is 4. The summed E-state index contributed by atoms with van der Waals surface area (Å²) in [7, 11) is 3.17. The zero-order valence-electron chi connectivity index (χ0n) is 19.0. The molecule has 0 saturated heterocycles. The van der Waals surface area contributed by atoms with Crippen molar-refractivity contribution in [3.05, 3.63) is 71.5 Å². The number of benzene rings is 2. The predicted octanol–water partition coefficient (Wildman–Crippen LogP) is 6.22. The van der Waals surface area contributed by atoms with E-state index in [0.717, 1.165) is 43.4 Å². The van der Waals surface area contributed by atoms with Crippen LogP contribution in [-0.2, 0) is 11.6 Å². The van der Waals surface area contributed by atoms with Crippen LogP contribution in [0.5, 0.6) is 11.5 Å². The molecule has 1 aliphatic carbocycles. The molecule has 1 aromatic heterocycles. The molecule has 1 amide bonds. The van der Waals surface area contributed by atoms with Crippen molar-refractivity contribution < 1.29 is 31.9 Å². The molecule has 4 rings (SSSR count). The Morgan fingerprint density at radius 3 is 2.41 bits per heavy atom. The third kappa shape index (κ3) is 4.76. The minimum absolute atomic E-state index is 0.0490. The number of ether oxygens (including phenoxy) is 2. The fraction of sp³-hybridized carbons (Fsp3) is 0.346. The van der Waals surface area contributed by atoms with Crippen LogP contribution in [0.2, 0.25) is 0 Å². The number of alkyl halides is 3. The lowest BCUT2D eigenvalue weighted by Crippen LogP contribution is -2.39. The van der Waals surface area contributed by atoms with Gasteiger partial charge < -0.3 is 19.2 Å². The maximum absolute atomic E-state index is 13.0. The SMILES string of the molecule is COc1ccc(C2(CNC(=O)c3ccc(-c4cccc(C(F)(F)F)c4)o3)CCCC2)cc1OC. The Balaban J connectivity index is 1.51. The number of rotatable bonds is 7. The first-order valence-corrected chi connectivity index (χ1v) is 11.0. The van der Waals surface area contributed by atoms with Gasteiger partial charge in [0, 0.05) is 17.5 Å². The molecule has 34 heavy (non-hydrogen) atoms. The number of hydrogen-bond donors (Lipinski definition) is 1. The highest BCUT2D eigenvalue weighted by Gasteiger charge is 2.37. The van der Waals surface area contributed by atoms with Gasteiger partial charge in [0.15, 0.2) is 17.3 Å². The smallest absolute Gasteiger partial charge is 0.416 e. The Bertz CT molecular complexity index is 1160. The van der Waals surface area contributed by atoms with E-state index in [4.69, 9.17) is 13.9 Å². The number of nitrogens with one attached hydrogen (secondary N) is 1. The molecule has 5 nitrogen and oxygen atoms in total. The Hall–Kier alpha value is -3.42. The number of amides is 1. The first-order valence-electron chi connectivity index (χ1n) is 11.0. The summed E-state index contributed by atoms with van der Waals surface area (Å²) in [6.45, 7) is 0.404. The van der Waals surface area contributed by atoms with Crippen molar-refractivity contribution in [2.24, 2.45) is 0 Å². The van der Waals surface area contributed by atoms with Crippen molar-refractivity contribution in [2.75, 3.05) is 20.8 Å². The number of methoxy groups -OCH3 is 2. The van der Waals surface area contributed by atoms with Crippen LogP contribution >= 0.6 is 0 Å². The zero-order valence-corrected chi connectivity index (χ0v) is 19.0. The van der Waals surface area contributed by atoms with E-state index in [-0.39, 0.29) is 22.5 Å². The summed E-state index contributed by atoms with van der Waals surface area (Å²) in [4.78, 5) is 12.8. The Kier molecular flexibility index (Phi) is 6.59. The van der Waals surface area contributed by atoms with Crippen LogP contribution in [0.4, 0.5) is 13.2 Å². The largest absolute Gasteiger partial charge is 0.493 e. The standard InChI is InChI=1S/C26H26F3NO4/c1-32-21-9-8-18(15-23(21)33-2)25(12-3-4-13-25)16-30-24(31)22-11-10-20(34-22)17-6-5-7-19(14-17)26(27,28)29/h5-11,14-15H,3-4,12-13,16H2,1-2H3,(H,30,31). The van der Waals surface area contributed by atoms with Gasteiger partial charge in [-0.15, -0.1) is 0 Å². The van der Waals surface area contributed by atoms with Gasteiger partial charge in [0.2, 0.25) is 0 Å².